The maximum atomic E-state index is 10.4. The molecule has 0 saturated carbocycles. The summed E-state index contributed by atoms with van der Waals surface area (Å²) < 4.78 is 4.04. The molecule has 1 aliphatic heterocycles. The van der Waals surface area contributed by atoms with Gasteiger partial charge in [0.25, 0.3) is 0 Å². The fourth-order valence-electron chi connectivity index (χ4n) is 4.89. The Morgan fingerprint density at radius 3 is 2.69 bits per heavy atom. The second kappa shape index (κ2) is 9.26. The highest BCUT2D eigenvalue weighted by atomic mass is 79.9. The molecule has 1 fully saturated rings. The van der Waals surface area contributed by atoms with Gasteiger partial charge < -0.3 is 10.4 Å². The Morgan fingerprint density at radius 1 is 1.11 bits per heavy atom. The second-order valence-electron chi connectivity index (χ2n) is 9.11. The zero-order chi connectivity index (χ0) is 23.9. The van der Waals surface area contributed by atoms with Crippen LogP contribution in [0.4, 0.5) is 5.82 Å². The Labute approximate surface area is 216 Å². The molecule has 0 bridgehead atoms. The number of aromatic hydroxyl groups is 1. The van der Waals surface area contributed by atoms with E-state index < -0.39 is 0 Å². The number of phenolic OH excluding ortho intramolecular Hbond substituents is 1. The third-order valence-corrected chi connectivity index (χ3v) is 8.68. The first-order valence-corrected chi connectivity index (χ1v) is 13.5. The third kappa shape index (κ3) is 4.30. The smallest absolute Gasteiger partial charge is 0.172 e. The van der Waals surface area contributed by atoms with Crippen LogP contribution in [0, 0.1) is 6.92 Å². The van der Waals surface area contributed by atoms with Crippen LogP contribution in [0.5, 0.6) is 5.75 Å². The minimum absolute atomic E-state index is 0.218. The minimum Gasteiger partial charge on any atom is -0.507 e. The number of piperidine rings is 1. The van der Waals surface area contributed by atoms with Gasteiger partial charge in [0.2, 0.25) is 0 Å². The van der Waals surface area contributed by atoms with Gasteiger partial charge in [-0.1, -0.05) is 30.3 Å². The summed E-state index contributed by atoms with van der Waals surface area (Å²) in [5.74, 6) is 1.11. The number of para-hydroxylation sites is 1. The van der Waals surface area contributed by atoms with E-state index in [-0.39, 0.29) is 5.75 Å². The lowest BCUT2D eigenvalue weighted by molar-refractivity contribution is 0.212. The SMILES string of the molecule is Cc1c(CN2CCC(Nc3cc(-c4ccccc4O)nc4c(Br)cnn34)CC2)sc2ccccc12. The molecule has 2 aromatic carbocycles. The Balaban J connectivity index is 1.19. The third-order valence-electron chi connectivity index (χ3n) is 6.86. The number of fused-ring (bicyclic) bond motifs is 2. The number of nitrogens with one attached hydrogen (secondary N) is 1. The highest BCUT2D eigenvalue weighted by molar-refractivity contribution is 9.10. The van der Waals surface area contributed by atoms with Gasteiger partial charge in [0.1, 0.15) is 11.6 Å². The number of phenols is 1. The van der Waals surface area contributed by atoms with Crippen LogP contribution in [0.1, 0.15) is 23.3 Å². The Bertz CT molecular complexity index is 1520. The molecule has 1 saturated heterocycles. The van der Waals surface area contributed by atoms with Crippen LogP contribution in [-0.2, 0) is 6.54 Å². The van der Waals surface area contributed by atoms with Crippen LogP contribution in [0.2, 0.25) is 0 Å². The van der Waals surface area contributed by atoms with Gasteiger partial charge in [-0.3, -0.25) is 4.90 Å². The van der Waals surface area contributed by atoms with Gasteiger partial charge in [0.15, 0.2) is 5.65 Å². The predicted molar refractivity (Wildman–Crippen MR) is 146 cm³/mol. The number of aryl methyl sites for hydroxylation is 1. The van der Waals surface area contributed by atoms with Crippen molar-refractivity contribution < 1.29 is 5.11 Å². The molecule has 3 aromatic heterocycles. The largest absolute Gasteiger partial charge is 0.507 e. The van der Waals surface area contributed by atoms with Crippen molar-refractivity contribution in [1.82, 2.24) is 19.5 Å². The molecule has 178 valence electrons. The molecule has 0 radical (unpaired) electrons. The summed E-state index contributed by atoms with van der Waals surface area (Å²) in [4.78, 5) is 8.79. The van der Waals surface area contributed by atoms with Gasteiger partial charge in [0.05, 0.1) is 16.4 Å². The quantitative estimate of drug-likeness (QED) is 0.264. The molecule has 2 N–H and O–H groups in total. The van der Waals surface area contributed by atoms with Crippen LogP contribution < -0.4 is 5.32 Å². The van der Waals surface area contributed by atoms with Crippen molar-refractivity contribution in [2.45, 2.75) is 32.4 Å². The minimum atomic E-state index is 0.218. The molecule has 6 rings (SSSR count). The maximum Gasteiger partial charge on any atom is 0.172 e. The molecule has 0 aliphatic carbocycles. The number of rotatable bonds is 5. The molecule has 0 atom stereocenters. The van der Waals surface area contributed by atoms with E-state index in [4.69, 9.17) is 4.98 Å². The predicted octanol–water partition coefficient (Wildman–Crippen LogP) is 6.46. The van der Waals surface area contributed by atoms with E-state index in [0.29, 0.717) is 11.6 Å². The highest BCUT2D eigenvalue weighted by Gasteiger charge is 2.22. The molecule has 1 aliphatic rings. The average molecular weight is 549 g/mol. The van der Waals surface area contributed by atoms with Gasteiger partial charge in [0, 0.05) is 46.9 Å². The van der Waals surface area contributed by atoms with Gasteiger partial charge >= 0.3 is 0 Å². The molecule has 35 heavy (non-hydrogen) atoms. The topological polar surface area (TPSA) is 65.7 Å². The summed E-state index contributed by atoms with van der Waals surface area (Å²) in [6.07, 6.45) is 3.88. The van der Waals surface area contributed by atoms with Crippen LogP contribution in [-0.4, -0.2) is 43.7 Å². The molecule has 4 heterocycles. The zero-order valence-electron chi connectivity index (χ0n) is 19.4. The van der Waals surface area contributed by atoms with E-state index in [1.54, 1.807) is 12.3 Å². The van der Waals surface area contributed by atoms with E-state index in [1.165, 1.54) is 20.5 Å². The number of aromatic nitrogens is 3. The summed E-state index contributed by atoms with van der Waals surface area (Å²) in [5.41, 5.74) is 3.58. The van der Waals surface area contributed by atoms with Crippen molar-refractivity contribution in [1.29, 1.82) is 0 Å². The fourth-order valence-corrected chi connectivity index (χ4v) is 6.49. The molecule has 6 nitrogen and oxygen atoms in total. The Morgan fingerprint density at radius 2 is 1.89 bits per heavy atom. The lowest BCUT2D eigenvalue weighted by Crippen LogP contribution is -2.39. The lowest BCUT2D eigenvalue weighted by atomic mass is 10.0. The summed E-state index contributed by atoms with van der Waals surface area (Å²) in [5, 5.41) is 20.0. The summed E-state index contributed by atoms with van der Waals surface area (Å²) >= 11 is 5.49. The average Bonchev–Trinajstić information content (AvgIpc) is 3.40. The van der Waals surface area contributed by atoms with Crippen molar-refractivity contribution in [2.75, 3.05) is 18.4 Å². The van der Waals surface area contributed by atoms with Crippen LogP contribution >= 0.6 is 27.3 Å². The van der Waals surface area contributed by atoms with Gasteiger partial charge in [-0.25, -0.2) is 4.98 Å². The number of nitrogens with zero attached hydrogens (tertiary/aromatic N) is 4. The Hall–Kier alpha value is -2.94. The molecule has 0 spiro atoms. The molecular weight excluding hydrogens is 522 g/mol. The number of likely N-dealkylation sites (tertiary alicyclic amines) is 1. The summed E-state index contributed by atoms with van der Waals surface area (Å²) in [6.45, 7) is 5.37. The van der Waals surface area contributed by atoms with Gasteiger partial charge in [-0.05, 0) is 64.8 Å². The number of halogens is 1. The Kier molecular flexibility index (Phi) is 5.96. The highest BCUT2D eigenvalue weighted by Crippen LogP contribution is 2.33. The van der Waals surface area contributed by atoms with Gasteiger partial charge in [-0.15, -0.1) is 11.3 Å². The number of thiophene rings is 1. The molecule has 0 unspecified atom stereocenters. The first-order chi connectivity index (χ1) is 17.1. The molecular formula is C27H26BrN5OS. The molecule has 8 heteroatoms. The van der Waals surface area contributed by atoms with E-state index in [9.17, 15) is 5.11 Å². The normalized spacial score (nSPS) is 15.3. The summed E-state index contributed by atoms with van der Waals surface area (Å²) in [6, 6.07) is 18.3. The van der Waals surface area contributed by atoms with Crippen molar-refractivity contribution in [3.05, 3.63) is 75.7 Å². The van der Waals surface area contributed by atoms with Crippen LogP contribution in [0.15, 0.2) is 65.3 Å². The number of benzene rings is 2. The van der Waals surface area contributed by atoms with Crippen LogP contribution in [0.3, 0.4) is 0 Å². The maximum absolute atomic E-state index is 10.4. The lowest BCUT2D eigenvalue weighted by Gasteiger charge is -2.32. The molecule has 5 aromatic rings. The summed E-state index contributed by atoms with van der Waals surface area (Å²) in [7, 11) is 0. The number of anilines is 1. The van der Waals surface area contributed by atoms with E-state index in [2.05, 4.69) is 62.4 Å². The van der Waals surface area contributed by atoms with Crippen molar-refractivity contribution >= 4 is 48.8 Å². The monoisotopic (exact) mass is 547 g/mol. The van der Waals surface area contributed by atoms with Gasteiger partial charge in [-0.2, -0.15) is 9.61 Å². The van der Waals surface area contributed by atoms with E-state index in [1.807, 2.05) is 40.1 Å². The van der Waals surface area contributed by atoms with Crippen LogP contribution in [0.25, 0.3) is 27.0 Å². The van der Waals surface area contributed by atoms with Crippen molar-refractivity contribution in [3.63, 3.8) is 0 Å². The van der Waals surface area contributed by atoms with E-state index >= 15 is 0 Å². The molecule has 0 amide bonds. The fraction of sp³-hybridized carbons (Fsp3) is 0.259. The number of hydrogen-bond donors (Lipinski definition) is 2. The first-order valence-electron chi connectivity index (χ1n) is 11.9. The van der Waals surface area contributed by atoms with Crippen molar-refractivity contribution in [2.24, 2.45) is 0 Å². The first kappa shape index (κ1) is 22.5. The zero-order valence-corrected chi connectivity index (χ0v) is 21.8. The number of hydrogen-bond acceptors (Lipinski definition) is 6. The second-order valence-corrected chi connectivity index (χ2v) is 11.1. The van der Waals surface area contributed by atoms with Crippen molar-refractivity contribution in [3.8, 4) is 17.0 Å². The van der Waals surface area contributed by atoms with E-state index in [0.717, 1.165) is 54.1 Å². The standard InChI is InChI=1S/C27H26BrN5OS/c1-17-19-6-3-5-9-24(19)35-25(17)16-32-12-10-18(11-13-32)30-26-14-22(20-7-2-4-8-23(20)34)31-27-21(28)15-29-33(26)27/h2-9,14-15,18,30,34H,10-13,16H2,1H3.